The van der Waals surface area contributed by atoms with Crippen molar-refractivity contribution < 1.29 is 29.2 Å². The zero-order valence-corrected chi connectivity index (χ0v) is 32.8. The molecule has 3 N–H and O–H groups in total. The van der Waals surface area contributed by atoms with Gasteiger partial charge in [0, 0.05) is 83.2 Å². The van der Waals surface area contributed by atoms with Gasteiger partial charge in [-0.15, -0.1) is 0 Å². The number of anilines is 2. The van der Waals surface area contributed by atoms with Crippen LogP contribution in [-0.4, -0.2) is 127 Å². The second-order valence-electron chi connectivity index (χ2n) is 15.5. The van der Waals surface area contributed by atoms with Crippen molar-refractivity contribution >= 4 is 58.7 Å². The topological polar surface area (TPSA) is 137 Å². The van der Waals surface area contributed by atoms with E-state index in [9.17, 15) is 29.2 Å². The average molecular weight is 781 g/mol. The Morgan fingerprint density at radius 2 is 1.21 bits per heavy atom. The lowest BCUT2D eigenvalue weighted by Crippen LogP contribution is -2.54. The molecule has 12 nitrogen and oxygen atoms in total. The molecule has 4 aromatic rings. The van der Waals surface area contributed by atoms with Crippen molar-refractivity contribution in [3.63, 3.8) is 0 Å². The minimum atomic E-state index is -1.51. The Morgan fingerprint density at radius 3 is 1.78 bits per heavy atom. The summed E-state index contributed by atoms with van der Waals surface area (Å²) < 4.78 is 0. The molecular weight excluding hydrogens is 731 g/mol. The highest BCUT2D eigenvalue weighted by Crippen LogP contribution is 2.35. The van der Waals surface area contributed by atoms with Crippen LogP contribution in [0.4, 0.5) is 11.4 Å². The van der Waals surface area contributed by atoms with E-state index in [1.807, 2.05) is 24.3 Å². The Kier molecular flexibility index (Phi) is 11.6. The van der Waals surface area contributed by atoms with E-state index in [1.54, 1.807) is 24.3 Å². The first-order chi connectivity index (χ1) is 28.2. The first-order valence-corrected chi connectivity index (χ1v) is 20.3. The van der Waals surface area contributed by atoms with Crippen molar-refractivity contribution in [2.24, 2.45) is 0 Å². The van der Waals surface area contributed by atoms with Crippen LogP contribution in [0.1, 0.15) is 63.6 Å². The van der Waals surface area contributed by atoms with Gasteiger partial charge in [-0.2, -0.15) is 0 Å². The zero-order chi connectivity index (χ0) is 40.3. The predicted molar refractivity (Wildman–Crippen MR) is 226 cm³/mol. The van der Waals surface area contributed by atoms with Crippen molar-refractivity contribution in [2.75, 3.05) is 75.2 Å². The fourth-order valence-electron chi connectivity index (χ4n) is 8.74. The molecule has 0 bridgehead atoms. The normalized spacial score (nSPS) is 19.6. The number of piperidine rings is 1. The van der Waals surface area contributed by atoms with E-state index in [2.05, 4.69) is 80.4 Å². The Labute approximate surface area is 339 Å². The number of nitrogens with one attached hydrogen (secondary N) is 1. The van der Waals surface area contributed by atoms with Crippen molar-refractivity contribution in [1.82, 2.24) is 20.0 Å². The number of rotatable bonds is 11. The van der Waals surface area contributed by atoms with Gasteiger partial charge in [-0.1, -0.05) is 73.7 Å². The van der Waals surface area contributed by atoms with Gasteiger partial charge in [-0.3, -0.25) is 39.2 Å². The van der Waals surface area contributed by atoms with Crippen LogP contribution in [0, 0.1) is 0 Å². The first-order valence-electron chi connectivity index (χ1n) is 20.3. The van der Waals surface area contributed by atoms with Crippen molar-refractivity contribution in [2.45, 2.75) is 32.2 Å². The molecule has 8 rings (SSSR count). The van der Waals surface area contributed by atoms with Gasteiger partial charge in [0.1, 0.15) is 6.04 Å². The highest BCUT2D eigenvalue weighted by molar-refractivity contribution is 6.58. The lowest BCUT2D eigenvalue weighted by molar-refractivity contribution is -0.136. The molecule has 0 radical (unpaired) electrons. The Bertz CT molecular complexity index is 2200. The Hall–Kier alpha value is -5.60. The number of allylic oxidation sites excluding steroid dienone is 1. The van der Waals surface area contributed by atoms with Gasteiger partial charge in [-0.05, 0) is 76.5 Å². The largest absolute Gasteiger partial charge is 0.488 e. The Morgan fingerprint density at radius 1 is 0.655 bits per heavy atom. The molecular formula is C45H49BN6O6. The molecule has 1 atom stereocenters. The van der Waals surface area contributed by atoms with Gasteiger partial charge in [-0.25, -0.2) is 0 Å². The summed E-state index contributed by atoms with van der Waals surface area (Å²) in [6.45, 7) is 11.4. The van der Waals surface area contributed by atoms with Crippen molar-refractivity contribution in [3.05, 3.63) is 125 Å². The fourth-order valence-corrected chi connectivity index (χ4v) is 8.74. The van der Waals surface area contributed by atoms with E-state index in [1.165, 1.54) is 16.8 Å². The number of piperazine rings is 2. The summed E-state index contributed by atoms with van der Waals surface area (Å²) in [4.78, 5) is 61.3. The van der Waals surface area contributed by atoms with Gasteiger partial charge in [0.05, 0.1) is 11.1 Å². The monoisotopic (exact) mass is 780 g/mol. The number of carbonyl (C=O) groups is 4. The van der Waals surface area contributed by atoms with Crippen LogP contribution < -0.4 is 20.6 Å². The SMILES string of the molecule is CC/C(=C(\c1ccc(B(O)O)cc1)c1ccc(N2CCN(CCN3CCN(c4ccc5c(c4)C(=O)N(C4CCC(=O)NC4=O)C5=O)CC3)CC2)cc1)c1ccccc1. The summed E-state index contributed by atoms with van der Waals surface area (Å²) in [7, 11) is -1.51. The van der Waals surface area contributed by atoms with Crippen LogP contribution in [0.15, 0.2) is 97.1 Å². The molecule has 298 valence electrons. The molecule has 4 aliphatic heterocycles. The van der Waals surface area contributed by atoms with E-state index in [0.29, 0.717) is 16.6 Å². The van der Waals surface area contributed by atoms with Crippen LogP contribution in [-0.2, 0) is 9.59 Å². The van der Waals surface area contributed by atoms with Gasteiger partial charge in [0.2, 0.25) is 11.8 Å². The molecule has 0 spiro atoms. The second-order valence-corrected chi connectivity index (χ2v) is 15.5. The van der Waals surface area contributed by atoms with E-state index < -0.39 is 30.9 Å². The zero-order valence-electron chi connectivity index (χ0n) is 32.8. The standard InChI is InChI=1S/C45H49BN6O6/c1-2-37(31-6-4-3-5-7-31)42(32-8-12-34(13-9-32)46(57)58)33-10-14-35(15-11-33)50-26-22-48(23-27-50)20-21-49-24-28-51(29-25-49)36-16-17-38-39(30-36)45(56)52(44(38)55)40-18-19-41(53)47-43(40)54/h3-17,30,40,57-58H,2,18-29H2,1H3,(H,47,53,54)/b42-37-. The highest BCUT2D eigenvalue weighted by Gasteiger charge is 2.44. The van der Waals surface area contributed by atoms with Crippen LogP contribution in [0.3, 0.4) is 0 Å². The minimum Gasteiger partial charge on any atom is -0.423 e. The molecule has 3 fully saturated rings. The van der Waals surface area contributed by atoms with E-state index in [0.717, 1.165) is 99.2 Å². The van der Waals surface area contributed by atoms with Gasteiger partial charge in [0.15, 0.2) is 0 Å². The molecule has 0 saturated carbocycles. The highest BCUT2D eigenvalue weighted by atomic mass is 16.4. The third-order valence-corrected chi connectivity index (χ3v) is 12.1. The predicted octanol–water partition coefficient (Wildman–Crippen LogP) is 3.08. The van der Waals surface area contributed by atoms with Gasteiger partial charge < -0.3 is 19.8 Å². The minimum absolute atomic E-state index is 0.0958. The summed E-state index contributed by atoms with van der Waals surface area (Å²) in [6.07, 6.45) is 1.08. The van der Waals surface area contributed by atoms with Crippen LogP contribution in [0.5, 0.6) is 0 Å². The number of hydrogen-bond donors (Lipinski definition) is 3. The van der Waals surface area contributed by atoms with Crippen LogP contribution in [0.2, 0.25) is 0 Å². The summed E-state index contributed by atoms with van der Waals surface area (Å²) in [5.41, 5.74) is 8.87. The average Bonchev–Trinajstić information content (AvgIpc) is 3.50. The smallest absolute Gasteiger partial charge is 0.423 e. The molecule has 4 heterocycles. The summed E-state index contributed by atoms with van der Waals surface area (Å²) >= 11 is 0. The maximum atomic E-state index is 13.3. The quantitative estimate of drug-likeness (QED) is 0.118. The molecule has 4 aliphatic rings. The van der Waals surface area contributed by atoms with E-state index in [-0.39, 0.29) is 18.7 Å². The lowest BCUT2D eigenvalue weighted by Gasteiger charge is -2.39. The number of benzene rings is 4. The fraction of sp³-hybridized carbons (Fsp3) is 0.333. The summed E-state index contributed by atoms with van der Waals surface area (Å²) in [6, 6.07) is 31.2. The molecule has 3 saturated heterocycles. The van der Waals surface area contributed by atoms with Gasteiger partial charge >= 0.3 is 7.12 Å². The number of amides is 4. The van der Waals surface area contributed by atoms with Crippen molar-refractivity contribution in [3.8, 4) is 0 Å². The molecule has 0 aliphatic carbocycles. The lowest BCUT2D eigenvalue weighted by atomic mass is 9.79. The van der Waals surface area contributed by atoms with Gasteiger partial charge in [0.25, 0.3) is 11.8 Å². The molecule has 58 heavy (non-hydrogen) atoms. The van der Waals surface area contributed by atoms with E-state index in [4.69, 9.17) is 0 Å². The number of fused-ring (bicyclic) bond motifs is 1. The first kappa shape index (κ1) is 39.2. The molecule has 1 unspecified atom stereocenters. The third-order valence-electron chi connectivity index (χ3n) is 12.1. The van der Waals surface area contributed by atoms with Crippen LogP contribution >= 0.6 is 0 Å². The van der Waals surface area contributed by atoms with Crippen LogP contribution in [0.25, 0.3) is 11.1 Å². The van der Waals surface area contributed by atoms with Crippen molar-refractivity contribution in [1.29, 1.82) is 0 Å². The summed E-state index contributed by atoms with van der Waals surface area (Å²) in [5, 5.41) is 21.6. The summed E-state index contributed by atoms with van der Waals surface area (Å²) in [5.74, 6) is -1.95. The second kappa shape index (κ2) is 17.1. The number of imide groups is 2. The maximum absolute atomic E-state index is 13.3. The third kappa shape index (κ3) is 8.08. The number of nitrogens with zero attached hydrogens (tertiary/aromatic N) is 5. The maximum Gasteiger partial charge on any atom is 0.488 e. The van der Waals surface area contributed by atoms with E-state index >= 15 is 0 Å². The number of carbonyl (C=O) groups excluding carboxylic acids is 4. The molecule has 0 aromatic heterocycles. The Balaban J connectivity index is 0.839. The molecule has 4 aromatic carbocycles. The molecule has 4 amide bonds. The number of hydrogen-bond acceptors (Lipinski definition) is 10. The molecule has 13 heteroatoms.